The third-order valence-electron chi connectivity index (χ3n) is 5.03. The second-order valence-electron chi connectivity index (χ2n) is 7.19. The van der Waals surface area contributed by atoms with Crippen LogP contribution in [0.5, 0.6) is 0 Å². The Balaban J connectivity index is 1.55. The summed E-state index contributed by atoms with van der Waals surface area (Å²) in [5.41, 5.74) is 2.07. The third kappa shape index (κ3) is 3.89. The number of amides is 1. The highest BCUT2D eigenvalue weighted by Crippen LogP contribution is 2.23. The predicted octanol–water partition coefficient (Wildman–Crippen LogP) is 1.92. The van der Waals surface area contributed by atoms with Crippen molar-refractivity contribution >= 4 is 38.4 Å². The summed E-state index contributed by atoms with van der Waals surface area (Å²) in [6, 6.07) is 8.36. The van der Waals surface area contributed by atoms with Gasteiger partial charge in [0.25, 0.3) is 0 Å². The van der Waals surface area contributed by atoms with Crippen LogP contribution in [0.25, 0.3) is 16.7 Å². The van der Waals surface area contributed by atoms with Crippen molar-refractivity contribution in [1.29, 1.82) is 0 Å². The molecule has 0 saturated heterocycles. The van der Waals surface area contributed by atoms with Crippen LogP contribution in [0.2, 0.25) is 0 Å². The molecule has 31 heavy (non-hydrogen) atoms. The fourth-order valence-corrected chi connectivity index (χ4v) is 4.36. The summed E-state index contributed by atoms with van der Waals surface area (Å²) in [5.74, 6) is 1.10. The zero-order valence-electron chi connectivity index (χ0n) is 17.5. The molecule has 0 aliphatic carbocycles. The van der Waals surface area contributed by atoms with E-state index in [0.29, 0.717) is 29.9 Å². The first-order valence-corrected chi connectivity index (χ1v) is 11.3. The number of carbonyl (C=O) groups is 1. The molecule has 1 N–H and O–H groups in total. The van der Waals surface area contributed by atoms with Crippen molar-refractivity contribution in [2.45, 2.75) is 31.2 Å². The molecule has 0 radical (unpaired) electrons. The molecular weight excluding hydrogens is 418 g/mol. The van der Waals surface area contributed by atoms with E-state index in [-0.39, 0.29) is 17.2 Å². The molecule has 4 rings (SSSR count). The number of nitrogens with one attached hydrogen (secondary N) is 1. The average Bonchev–Trinajstić information content (AvgIpc) is 3.36. The zero-order valence-corrected chi connectivity index (χ0v) is 18.3. The van der Waals surface area contributed by atoms with Crippen LogP contribution in [0.4, 0.5) is 5.82 Å². The van der Waals surface area contributed by atoms with Crippen LogP contribution in [0.15, 0.2) is 47.6 Å². The minimum Gasteiger partial charge on any atom is -0.328 e. The lowest BCUT2D eigenvalue weighted by atomic mass is 10.2. The molecule has 0 spiro atoms. The monoisotopic (exact) mass is 441 g/mol. The largest absolute Gasteiger partial charge is 0.328 e. The van der Waals surface area contributed by atoms with Crippen LogP contribution in [-0.4, -0.2) is 56.9 Å². The number of aryl methyl sites for hydroxylation is 2. The summed E-state index contributed by atoms with van der Waals surface area (Å²) in [4.78, 5) is 21.5. The van der Waals surface area contributed by atoms with Crippen LogP contribution in [0.1, 0.15) is 19.2 Å². The number of fused-ring (bicyclic) bond motifs is 2. The van der Waals surface area contributed by atoms with Crippen LogP contribution < -0.4 is 5.32 Å². The van der Waals surface area contributed by atoms with Crippen molar-refractivity contribution in [2.75, 3.05) is 19.4 Å². The van der Waals surface area contributed by atoms with Gasteiger partial charge in [-0.15, -0.1) is 0 Å². The van der Waals surface area contributed by atoms with Crippen molar-refractivity contribution in [3.8, 4) is 0 Å². The smallest absolute Gasteiger partial charge is 0.242 e. The Labute approximate surface area is 179 Å². The van der Waals surface area contributed by atoms with Crippen LogP contribution >= 0.6 is 0 Å². The minimum absolute atomic E-state index is 0.173. The van der Waals surface area contributed by atoms with Gasteiger partial charge in [-0.25, -0.2) is 22.7 Å². The lowest BCUT2D eigenvalue weighted by Crippen LogP contribution is -2.22. The molecule has 3 aromatic heterocycles. The molecule has 0 atom stereocenters. The SMILES string of the molecule is CCn1c(CCC(=O)Nc2ccnc3ccnn23)nc2cc(S(=O)(=O)N(C)C)ccc21. The van der Waals surface area contributed by atoms with Crippen LogP contribution in [-0.2, 0) is 27.8 Å². The predicted molar refractivity (Wildman–Crippen MR) is 116 cm³/mol. The molecule has 11 heteroatoms. The van der Waals surface area contributed by atoms with E-state index in [2.05, 4.69) is 20.4 Å². The lowest BCUT2D eigenvalue weighted by molar-refractivity contribution is -0.116. The Morgan fingerprint density at radius 2 is 1.97 bits per heavy atom. The first kappa shape index (κ1) is 20.9. The topological polar surface area (TPSA) is 114 Å². The molecule has 0 unspecified atom stereocenters. The van der Waals surface area contributed by atoms with Gasteiger partial charge >= 0.3 is 0 Å². The third-order valence-corrected chi connectivity index (χ3v) is 6.84. The molecule has 3 heterocycles. The Morgan fingerprint density at radius 1 is 1.16 bits per heavy atom. The molecule has 0 fully saturated rings. The van der Waals surface area contributed by atoms with E-state index in [4.69, 9.17) is 0 Å². The summed E-state index contributed by atoms with van der Waals surface area (Å²) < 4.78 is 29.6. The number of carbonyl (C=O) groups excluding carboxylic acids is 1. The molecule has 0 bridgehead atoms. The number of imidazole rings is 1. The van der Waals surface area contributed by atoms with E-state index in [9.17, 15) is 13.2 Å². The number of aromatic nitrogens is 5. The first-order valence-electron chi connectivity index (χ1n) is 9.81. The standard InChI is InChI=1S/C20H23N7O3S/c1-4-26-16-6-5-14(31(29,30)25(2)3)13-15(16)23-18(26)7-8-20(28)24-19-9-11-21-17-10-12-22-27(17)19/h5-6,9-13H,4,7-8H2,1-3H3,(H,24,28). The zero-order chi connectivity index (χ0) is 22.2. The van der Waals surface area contributed by atoms with E-state index in [1.54, 1.807) is 47.2 Å². The maximum absolute atomic E-state index is 12.5. The summed E-state index contributed by atoms with van der Waals surface area (Å²) >= 11 is 0. The normalized spacial score (nSPS) is 12.1. The Bertz CT molecular complexity index is 1370. The number of hydrogen-bond donors (Lipinski definition) is 1. The van der Waals surface area contributed by atoms with Crippen molar-refractivity contribution in [1.82, 2.24) is 28.5 Å². The van der Waals surface area contributed by atoms with Gasteiger partial charge in [-0.1, -0.05) is 0 Å². The van der Waals surface area contributed by atoms with Gasteiger partial charge in [0.1, 0.15) is 11.6 Å². The quantitative estimate of drug-likeness (QED) is 0.469. The molecular formula is C20H23N7O3S. The first-order chi connectivity index (χ1) is 14.8. The molecule has 10 nitrogen and oxygen atoms in total. The van der Waals surface area contributed by atoms with Gasteiger partial charge in [0.05, 0.1) is 22.1 Å². The number of benzene rings is 1. The highest BCUT2D eigenvalue weighted by molar-refractivity contribution is 7.89. The highest BCUT2D eigenvalue weighted by atomic mass is 32.2. The molecule has 0 aliphatic rings. The molecule has 0 saturated carbocycles. The number of nitrogens with zero attached hydrogens (tertiary/aromatic N) is 6. The second-order valence-corrected chi connectivity index (χ2v) is 9.34. The van der Waals surface area contributed by atoms with Gasteiger partial charge in [0.2, 0.25) is 15.9 Å². The van der Waals surface area contributed by atoms with E-state index in [0.717, 1.165) is 11.3 Å². The number of anilines is 1. The van der Waals surface area contributed by atoms with Gasteiger partial charge < -0.3 is 9.88 Å². The molecule has 1 aromatic carbocycles. The van der Waals surface area contributed by atoms with E-state index in [1.807, 2.05) is 11.5 Å². The number of rotatable bonds is 7. The van der Waals surface area contributed by atoms with Gasteiger partial charge in [-0.3, -0.25) is 4.79 Å². The van der Waals surface area contributed by atoms with Crippen LogP contribution in [0, 0.1) is 0 Å². The average molecular weight is 442 g/mol. The summed E-state index contributed by atoms with van der Waals surface area (Å²) in [6.07, 6.45) is 3.86. The maximum atomic E-state index is 12.5. The summed E-state index contributed by atoms with van der Waals surface area (Å²) in [6.45, 7) is 2.64. The van der Waals surface area contributed by atoms with E-state index in [1.165, 1.54) is 18.4 Å². The van der Waals surface area contributed by atoms with Gasteiger partial charge in [-0.05, 0) is 31.2 Å². The molecule has 1 amide bonds. The fourth-order valence-electron chi connectivity index (χ4n) is 3.43. The Hall–Kier alpha value is -3.31. The molecule has 4 aromatic rings. The van der Waals surface area contributed by atoms with Crippen molar-refractivity contribution in [3.63, 3.8) is 0 Å². The lowest BCUT2D eigenvalue weighted by Gasteiger charge is -2.11. The number of sulfonamides is 1. The Kier molecular flexibility index (Phi) is 5.46. The summed E-state index contributed by atoms with van der Waals surface area (Å²) in [7, 11) is -0.557. The van der Waals surface area contributed by atoms with Gasteiger partial charge in [-0.2, -0.15) is 9.61 Å². The van der Waals surface area contributed by atoms with Crippen molar-refractivity contribution in [2.24, 2.45) is 0 Å². The second kappa shape index (κ2) is 8.08. The van der Waals surface area contributed by atoms with Crippen molar-refractivity contribution < 1.29 is 13.2 Å². The van der Waals surface area contributed by atoms with Crippen LogP contribution in [0.3, 0.4) is 0 Å². The van der Waals surface area contributed by atoms with Crippen molar-refractivity contribution in [3.05, 3.63) is 48.5 Å². The van der Waals surface area contributed by atoms with Gasteiger partial charge in [0.15, 0.2) is 5.65 Å². The Morgan fingerprint density at radius 3 is 2.71 bits per heavy atom. The molecule has 162 valence electrons. The minimum atomic E-state index is -3.55. The number of hydrogen-bond acceptors (Lipinski definition) is 6. The van der Waals surface area contributed by atoms with Gasteiger partial charge in [0, 0.05) is 45.7 Å². The fraction of sp³-hybridized carbons (Fsp3) is 0.300. The van der Waals surface area contributed by atoms with E-state index >= 15 is 0 Å². The highest BCUT2D eigenvalue weighted by Gasteiger charge is 2.20. The summed E-state index contributed by atoms with van der Waals surface area (Å²) in [5, 5.41) is 7.01. The maximum Gasteiger partial charge on any atom is 0.242 e. The van der Waals surface area contributed by atoms with E-state index < -0.39 is 10.0 Å². The molecule has 0 aliphatic heterocycles.